The zero-order valence-corrected chi connectivity index (χ0v) is 9.87. The van der Waals surface area contributed by atoms with Crippen molar-refractivity contribution in [2.45, 2.75) is 26.8 Å². The van der Waals surface area contributed by atoms with Crippen molar-refractivity contribution >= 4 is 11.9 Å². The fourth-order valence-corrected chi connectivity index (χ4v) is 0.873. The molecule has 0 saturated carbocycles. The molecule has 0 aromatic heterocycles. The van der Waals surface area contributed by atoms with Crippen LogP contribution in [0.1, 0.15) is 20.8 Å². The van der Waals surface area contributed by atoms with Gasteiger partial charge < -0.3 is 15.0 Å². The van der Waals surface area contributed by atoms with Gasteiger partial charge in [0.2, 0.25) is 0 Å². The summed E-state index contributed by atoms with van der Waals surface area (Å²) in [6.45, 7) is 7.17. The van der Waals surface area contributed by atoms with Gasteiger partial charge in [-0.1, -0.05) is 0 Å². The second-order valence-corrected chi connectivity index (χ2v) is 3.55. The first-order chi connectivity index (χ1) is 6.99. The minimum atomic E-state index is -0.815. The highest BCUT2D eigenvalue weighted by Crippen LogP contribution is 1.90. The van der Waals surface area contributed by atoms with Gasteiger partial charge in [-0.15, -0.1) is 0 Å². The summed E-state index contributed by atoms with van der Waals surface area (Å²) in [7, 11) is 1.96. The van der Waals surface area contributed by atoms with E-state index < -0.39 is 11.9 Å². The average Bonchev–Trinajstić information content (AvgIpc) is 2.17. The van der Waals surface area contributed by atoms with Crippen LogP contribution in [0.25, 0.3) is 0 Å². The highest BCUT2D eigenvalue weighted by Gasteiger charge is 2.13. The van der Waals surface area contributed by atoms with E-state index in [0.717, 1.165) is 0 Å². The van der Waals surface area contributed by atoms with Gasteiger partial charge in [-0.05, 0) is 27.8 Å². The molecule has 0 fully saturated rings. The quantitative estimate of drug-likeness (QED) is 0.519. The molecule has 5 heteroatoms. The minimum absolute atomic E-state index is 0.220. The van der Waals surface area contributed by atoms with Gasteiger partial charge >= 0.3 is 11.9 Å². The summed E-state index contributed by atoms with van der Waals surface area (Å²) in [6.07, 6.45) is 0. The summed E-state index contributed by atoms with van der Waals surface area (Å²) in [5, 5.41) is 2.50. The molecule has 88 valence electrons. The van der Waals surface area contributed by atoms with E-state index in [2.05, 4.69) is 28.8 Å². The number of nitrogens with zero attached hydrogens (tertiary/aromatic N) is 1. The second kappa shape index (κ2) is 7.23. The maximum atomic E-state index is 11.1. The minimum Gasteiger partial charge on any atom is -0.459 e. The largest absolute Gasteiger partial charge is 0.459 e. The van der Waals surface area contributed by atoms with Gasteiger partial charge in [-0.2, -0.15) is 0 Å². The van der Waals surface area contributed by atoms with Gasteiger partial charge in [0.05, 0.1) is 6.61 Å². The molecule has 0 unspecified atom stereocenters. The van der Waals surface area contributed by atoms with Crippen molar-refractivity contribution in [2.75, 3.05) is 26.7 Å². The van der Waals surface area contributed by atoms with E-state index in [1.54, 1.807) is 6.92 Å². The lowest BCUT2D eigenvalue weighted by molar-refractivity contribution is -0.154. The van der Waals surface area contributed by atoms with E-state index in [9.17, 15) is 9.59 Å². The lowest BCUT2D eigenvalue weighted by atomic mass is 10.3. The summed E-state index contributed by atoms with van der Waals surface area (Å²) in [4.78, 5) is 24.1. The van der Waals surface area contributed by atoms with E-state index in [1.165, 1.54) is 0 Å². The topological polar surface area (TPSA) is 58.6 Å². The monoisotopic (exact) mass is 216 g/mol. The molecule has 0 heterocycles. The maximum absolute atomic E-state index is 11.1. The molecule has 1 amide bonds. The van der Waals surface area contributed by atoms with Crippen molar-refractivity contribution in [3.63, 3.8) is 0 Å². The number of nitrogens with one attached hydrogen (secondary N) is 1. The Hall–Kier alpha value is -1.10. The number of rotatable bonds is 5. The van der Waals surface area contributed by atoms with Crippen LogP contribution in [0.4, 0.5) is 0 Å². The molecule has 0 spiro atoms. The molecular formula is C10H20N2O3. The van der Waals surface area contributed by atoms with E-state index in [-0.39, 0.29) is 6.61 Å². The van der Waals surface area contributed by atoms with Gasteiger partial charge in [0.25, 0.3) is 0 Å². The van der Waals surface area contributed by atoms with Crippen LogP contribution in [0.2, 0.25) is 0 Å². The highest BCUT2D eigenvalue weighted by molar-refractivity contribution is 6.32. The van der Waals surface area contributed by atoms with E-state index in [1.807, 2.05) is 7.05 Å². The number of likely N-dealkylation sites (N-methyl/N-ethyl adjacent to an activating group) is 1. The standard InChI is InChI=1S/C10H20N2O3/c1-5-15-10(14)9(13)11-6-7-12(4)8(2)3/h8H,5-7H2,1-4H3,(H,11,13). The molecule has 0 rings (SSSR count). The Morgan fingerprint density at radius 3 is 2.47 bits per heavy atom. The van der Waals surface area contributed by atoms with Crippen LogP contribution in [-0.2, 0) is 14.3 Å². The Morgan fingerprint density at radius 1 is 1.40 bits per heavy atom. The highest BCUT2D eigenvalue weighted by atomic mass is 16.5. The maximum Gasteiger partial charge on any atom is 0.396 e. The number of esters is 1. The smallest absolute Gasteiger partial charge is 0.396 e. The Balaban J connectivity index is 3.68. The van der Waals surface area contributed by atoms with Crippen LogP contribution in [0.3, 0.4) is 0 Å². The van der Waals surface area contributed by atoms with Gasteiger partial charge in [0.1, 0.15) is 0 Å². The van der Waals surface area contributed by atoms with Gasteiger partial charge in [0, 0.05) is 19.1 Å². The number of hydrogen-bond donors (Lipinski definition) is 1. The Bertz CT molecular complexity index is 217. The number of amides is 1. The van der Waals surface area contributed by atoms with Gasteiger partial charge in [-0.3, -0.25) is 4.79 Å². The number of carbonyl (C=O) groups is 2. The van der Waals surface area contributed by atoms with E-state index in [0.29, 0.717) is 19.1 Å². The van der Waals surface area contributed by atoms with Gasteiger partial charge in [-0.25, -0.2) is 4.79 Å². The van der Waals surface area contributed by atoms with Crippen LogP contribution in [0, 0.1) is 0 Å². The van der Waals surface area contributed by atoms with Crippen molar-refractivity contribution in [1.29, 1.82) is 0 Å². The molecule has 0 aliphatic rings. The van der Waals surface area contributed by atoms with Crippen LogP contribution in [0.15, 0.2) is 0 Å². The fraction of sp³-hybridized carbons (Fsp3) is 0.800. The molecule has 0 bridgehead atoms. The molecule has 0 aliphatic carbocycles. The van der Waals surface area contributed by atoms with Crippen molar-refractivity contribution in [3.05, 3.63) is 0 Å². The summed E-state index contributed by atoms with van der Waals surface area (Å²) >= 11 is 0. The lowest BCUT2D eigenvalue weighted by Gasteiger charge is -2.20. The van der Waals surface area contributed by atoms with Gasteiger partial charge in [0.15, 0.2) is 0 Å². The van der Waals surface area contributed by atoms with Crippen LogP contribution in [0.5, 0.6) is 0 Å². The van der Waals surface area contributed by atoms with Crippen molar-refractivity contribution in [3.8, 4) is 0 Å². The summed E-state index contributed by atoms with van der Waals surface area (Å²) in [5.74, 6) is -1.49. The molecule has 0 aliphatic heterocycles. The zero-order chi connectivity index (χ0) is 11.8. The fourth-order valence-electron chi connectivity index (χ4n) is 0.873. The van der Waals surface area contributed by atoms with Crippen LogP contribution >= 0.6 is 0 Å². The van der Waals surface area contributed by atoms with E-state index in [4.69, 9.17) is 0 Å². The predicted molar refractivity (Wildman–Crippen MR) is 57.4 cm³/mol. The molecule has 0 aromatic rings. The first-order valence-corrected chi connectivity index (χ1v) is 5.14. The number of hydrogen-bond acceptors (Lipinski definition) is 4. The van der Waals surface area contributed by atoms with Crippen molar-refractivity contribution in [2.24, 2.45) is 0 Å². The molecule has 0 atom stereocenters. The summed E-state index contributed by atoms with van der Waals surface area (Å²) in [6, 6.07) is 0.421. The molecule has 0 saturated heterocycles. The Morgan fingerprint density at radius 2 is 2.00 bits per heavy atom. The van der Waals surface area contributed by atoms with Crippen molar-refractivity contribution in [1.82, 2.24) is 10.2 Å². The number of carbonyl (C=O) groups excluding carboxylic acids is 2. The van der Waals surface area contributed by atoms with Crippen molar-refractivity contribution < 1.29 is 14.3 Å². The lowest BCUT2D eigenvalue weighted by Crippen LogP contribution is -2.39. The molecule has 5 nitrogen and oxygen atoms in total. The van der Waals surface area contributed by atoms with Crippen LogP contribution in [-0.4, -0.2) is 49.6 Å². The molecule has 15 heavy (non-hydrogen) atoms. The average molecular weight is 216 g/mol. The zero-order valence-electron chi connectivity index (χ0n) is 9.87. The first kappa shape index (κ1) is 13.9. The third-order valence-electron chi connectivity index (χ3n) is 2.09. The molecule has 0 radical (unpaired) electrons. The Kier molecular flexibility index (Phi) is 6.70. The number of ether oxygens (including phenoxy) is 1. The first-order valence-electron chi connectivity index (χ1n) is 5.14. The molecule has 1 N–H and O–H groups in total. The normalized spacial score (nSPS) is 10.5. The molecule has 0 aromatic carbocycles. The molecular weight excluding hydrogens is 196 g/mol. The third kappa shape index (κ3) is 6.06. The SMILES string of the molecule is CCOC(=O)C(=O)NCCN(C)C(C)C. The summed E-state index contributed by atoms with van der Waals surface area (Å²) < 4.78 is 4.54. The predicted octanol–water partition coefficient (Wildman–Crippen LogP) is 0.00590. The summed E-state index contributed by atoms with van der Waals surface area (Å²) in [5.41, 5.74) is 0. The third-order valence-corrected chi connectivity index (χ3v) is 2.09. The second-order valence-electron chi connectivity index (χ2n) is 3.55. The van der Waals surface area contributed by atoms with Crippen LogP contribution < -0.4 is 5.32 Å². The van der Waals surface area contributed by atoms with E-state index >= 15 is 0 Å². The Labute approximate surface area is 90.8 Å².